The lowest BCUT2D eigenvalue weighted by atomic mass is 9.97. The van der Waals surface area contributed by atoms with Crippen molar-refractivity contribution in [3.63, 3.8) is 0 Å². The Bertz CT molecular complexity index is 2090. The maximum Gasteiger partial charge on any atom is 0.588 e. The third kappa shape index (κ3) is 38.8. The van der Waals surface area contributed by atoms with Crippen LogP contribution in [0.4, 0.5) is 0 Å². The Morgan fingerprint density at radius 2 is 1.08 bits per heavy atom. The lowest BCUT2D eigenvalue weighted by molar-refractivity contribution is -0.200. The first-order valence-corrected chi connectivity index (χ1v) is 39.8. The van der Waals surface area contributed by atoms with Crippen molar-refractivity contribution < 1.29 is 65.7 Å². The Morgan fingerprint density at radius 3 is 1.56 bits per heavy atom. The van der Waals surface area contributed by atoms with Gasteiger partial charge in [0.05, 0.1) is 31.7 Å². The molecular formula is C70H121N2O14PSi. The zero-order chi connectivity index (χ0) is 63.9. The van der Waals surface area contributed by atoms with Crippen molar-refractivity contribution in [2.24, 2.45) is 0 Å². The summed E-state index contributed by atoms with van der Waals surface area (Å²) in [5.41, 5.74) is 0. The Balaban J connectivity index is 2.03. The molecule has 504 valence electrons. The van der Waals surface area contributed by atoms with Crippen LogP contribution in [0.3, 0.4) is 0 Å². The van der Waals surface area contributed by atoms with Crippen molar-refractivity contribution in [3.8, 4) is 11.5 Å². The molecule has 18 heteroatoms. The SMILES string of the molecule is CCCCCCCCCCCCCC(=O)OC(CCCCCCCCCCCC)C(=O)O[C@H]1[C@H](OP(=O)(Oc2ccccc2)Oc2ccccc2)[C@@H](COC(=O)CN(C)C)OC[C@@H]1NC(=O)C[C@@H](CCCCCCCCCCC)OCOCC[Si](C)(C)C. The van der Waals surface area contributed by atoms with E-state index in [9.17, 15) is 14.4 Å². The molecule has 3 rings (SSSR count). The molecule has 1 unspecified atom stereocenters. The Hall–Kier alpha value is -3.83. The highest BCUT2D eigenvalue weighted by Crippen LogP contribution is 2.52. The number of para-hydroxylation sites is 2. The minimum absolute atomic E-state index is 0.0350. The number of carbonyl (C=O) groups is 4. The Labute approximate surface area is 534 Å². The van der Waals surface area contributed by atoms with E-state index in [4.69, 9.17) is 42.0 Å². The lowest BCUT2D eigenvalue weighted by Gasteiger charge is -2.42. The quantitative estimate of drug-likeness (QED) is 0.0165. The number of ether oxygens (including phenoxy) is 6. The van der Waals surface area contributed by atoms with E-state index >= 15 is 9.36 Å². The van der Waals surface area contributed by atoms with E-state index in [0.29, 0.717) is 25.9 Å². The standard InChI is InChI=1S/C70H121N2O14PSi/c1-9-12-15-18-21-24-26-29-32-35-44-51-66(74)82-63(50-43-34-31-28-25-22-19-16-13-10-2)70(76)83-68-62(71-65(73)54-61(81-58-78-52-53-88(6,7)8)49-38-33-30-27-23-20-17-14-11-3)56-79-64(57-80-67(75)55-72(4)5)69(68)86-87(77,84-59-45-39-36-40-46-59)85-60-47-41-37-42-48-60/h36-37,39-42,45-48,61-64,68-69H,9-35,38,43-44,49-58H2,1-8H3,(H,71,73)/t61-,62+,63?,64-,68-,69-/m1/s1. The topological polar surface area (TPSA) is 184 Å². The summed E-state index contributed by atoms with van der Waals surface area (Å²) in [5.74, 6) is -2.07. The van der Waals surface area contributed by atoms with Crippen LogP contribution in [0.2, 0.25) is 25.7 Å². The number of phosphoric ester groups is 1. The molecule has 0 aromatic heterocycles. The van der Waals surface area contributed by atoms with Gasteiger partial charge >= 0.3 is 25.7 Å². The molecule has 1 heterocycles. The van der Waals surface area contributed by atoms with Gasteiger partial charge in [0.15, 0.2) is 12.2 Å². The maximum atomic E-state index is 15.5. The number of esters is 3. The summed E-state index contributed by atoms with van der Waals surface area (Å²) in [7, 11) is -2.73. The second kappa shape index (κ2) is 48.9. The predicted molar refractivity (Wildman–Crippen MR) is 355 cm³/mol. The van der Waals surface area contributed by atoms with Crippen molar-refractivity contribution in [3.05, 3.63) is 60.7 Å². The molecule has 1 aliphatic rings. The molecule has 2 aromatic carbocycles. The van der Waals surface area contributed by atoms with E-state index in [1.807, 2.05) is 0 Å². The maximum absolute atomic E-state index is 15.5. The minimum Gasteiger partial charge on any atom is -0.462 e. The van der Waals surface area contributed by atoms with Gasteiger partial charge in [0.25, 0.3) is 0 Å². The summed E-state index contributed by atoms with van der Waals surface area (Å²) >= 11 is 0. The normalized spacial score (nSPS) is 16.9. The van der Waals surface area contributed by atoms with Crippen LogP contribution in [0, 0.1) is 0 Å². The predicted octanol–water partition coefficient (Wildman–Crippen LogP) is 17.5. The average Bonchev–Trinajstić information content (AvgIpc) is 1.03. The second-order valence-electron chi connectivity index (χ2n) is 25.9. The van der Waals surface area contributed by atoms with Gasteiger partial charge in [-0.25, -0.2) is 9.36 Å². The van der Waals surface area contributed by atoms with Crippen LogP contribution in [0.5, 0.6) is 11.5 Å². The number of phosphoric acid groups is 1. The molecule has 0 saturated carbocycles. The van der Waals surface area contributed by atoms with Gasteiger partial charge in [-0.3, -0.25) is 23.8 Å². The van der Waals surface area contributed by atoms with Crippen LogP contribution in [0.25, 0.3) is 0 Å². The van der Waals surface area contributed by atoms with E-state index in [0.717, 1.165) is 76.7 Å². The van der Waals surface area contributed by atoms with Gasteiger partial charge in [-0.1, -0.05) is 257 Å². The molecule has 1 amide bonds. The summed E-state index contributed by atoms with van der Waals surface area (Å²) in [6, 6.07) is 16.6. The lowest BCUT2D eigenvalue weighted by Crippen LogP contribution is -2.62. The first-order chi connectivity index (χ1) is 42.5. The van der Waals surface area contributed by atoms with E-state index in [2.05, 4.69) is 45.7 Å². The number of amides is 1. The molecule has 1 fully saturated rings. The molecule has 1 saturated heterocycles. The van der Waals surface area contributed by atoms with Crippen LogP contribution in [-0.4, -0.2) is 121 Å². The largest absolute Gasteiger partial charge is 0.588 e. The number of rotatable bonds is 55. The monoisotopic (exact) mass is 1270 g/mol. The number of likely N-dealkylation sites (N-methyl/N-ethyl adjacent to an activating group) is 1. The summed E-state index contributed by atoms with van der Waals surface area (Å²) in [4.78, 5) is 58.5. The van der Waals surface area contributed by atoms with Gasteiger partial charge in [-0.15, -0.1) is 0 Å². The van der Waals surface area contributed by atoms with Crippen molar-refractivity contribution in [1.82, 2.24) is 10.2 Å². The second-order valence-corrected chi connectivity index (χ2v) is 33.0. The molecule has 6 atom stereocenters. The molecule has 1 aliphatic heterocycles. The fourth-order valence-corrected chi connectivity index (χ4v) is 12.9. The highest BCUT2D eigenvalue weighted by molar-refractivity contribution is 7.49. The van der Waals surface area contributed by atoms with Crippen LogP contribution < -0.4 is 14.4 Å². The van der Waals surface area contributed by atoms with Crippen LogP contribution in [0.1, 0.15) is 239 Å². The Morgan fingerprint density at radius 1 is 0.614 bits per heavy atom. The molecule has 0 bridgehead atoms. The van der Waals surface area contributed by atoms with Crippen molar-refractivity contribution in [2.45, 2.75) is 301 Å². The van der Waals surface area contributed by atoms with Crippen LogP contribution >= 0.6 is 7.82 Å². The van der Waals surface area contributed by atoms with E-state index in [1.165, 1.54) is 109 Å². The first-order valence-electron chi connectivity index (χ1n) is 34.6. The van der Waals surface area contributed by atoms with Gasteiger partial charge in [0.2, 0.25) is 5.91 Å². The van der Waals surface area contributed by atoms with Gasteiger partial charge in [0.1, 0.15) is 37.1 Å². The molecule has 1 N–H and O–H groups in total. The third-order valence-electron chi connectivity index (χ3n) is 16.0. The molecule has 2 aromatic rings. The van der Waals surface area contributed by atoms with Crippen molar-refractivity contribution >= 4 is 39.7 Å². The number of hydrogen-bond donors (Lipinski definition) is 1. The smallest absolute Gasteiger partial charge is 0.462 e. The van der Waals surface area contributed by atoms with Crippen LogP contribution in [0.15, 0.2) is 60.7 Å². The van der Waals surface area contributed by atoms with Crippen molar-refractivity contribution in [1.29, 1.82) is 0 Å². The van der Waals surface area contributed by atoms with Gasteiger partial charge in [0, 0.05) is 21.1 Å². The molecule has 0 radical (unpaired) electrons. The summed E-state index contributed by atoms with van der Waals surface area (Å²) < 4.78 is 71.6. The van der Waals surface area contributed by atoms with Gasteiger partial charge in [-0.05, 0) is 70.1 Å². The molecule has 16 nitrogen and oxygen atoms in total. The number of hydrogen-bond acceptors (Lipinski definition) is 15. The first kappa shape index (κ1) is 78.4. The van der Waals surface area contributed by atoms with E-state index < -0.39 is 82.9 Å². The van der Waals surface area contributed by atoms with E-state index in [1.54, 1.807) is 79.7 Å². The summed E-state index contributed by atoms with van der Waals surface area (Å²) in [5, 5.41) is 3.09. The fourth-order valence-electron chi connectivity index (χ4n) is 10.7. The third-order valence-corrected chi connectivity index (χ3v) is 19.0. The highest BCUT2D eigenvalue weighted by Gasteiger charge is 2.51. The van der Waals surface area contributed by atoms with Crippen molar-refractivity contribution in [2.75, 3.05) is 47.3 Å². The number of unbranched alkanes of at least 4 members (excludes halogenated alkanes) is 27. The Kier molecular flexibility index (Phi) is 43.6. The highest BCUT2D eigenvalue weighted by atomic mass is 31.2. The zero-order valence-corrected chi connectivity index (χ0v) is 58.0. The molecule has 0 aliphatic carbocycles. The fraction of sp³-hybridized carbons (Fsp3) is 0.771. The zero-order valence-electron chi connectivity index (χ0n) is 56.1. The van der Waals surface area contributed by atoms with Gasteiger partial charge in [-0.2, -0.15) is 0 Å². The van der Waals surface area contributed by atoms with E-state index in [-0.39, 0.29) is 50.7 Å². The van der Waals surface area contributed by atoms with Gasteiger partial charge < -0.3 is 42.8 Å². The molecular weight excluding hydrogens is 1150 g/mol. The number of benzene rings is 2. The number of nitrogens with zero attached hydrogens (tertiary/aromatic N) is 1. The molecule has 0 spiro atoms. The average molecular weight is 1270 g/mol. The summed E-state index contributed by atoms with van der Waals surface area (Å²) in [6.07, 6.45) is 28.2. The number of carbonyl (C=O) groups excluding carboxylic acids is 4. The molecule has 88 heavy (non-hydrogen) atoms. The minimum atomic E-state index is -4.83. The van der Waals surface area contributed by atoms with Crippen LogP contribution in [-0.2, 0) is 56.7 Å². The number of nitrogens with one attached hydrogen (secondary N) is 1. The summed E-state index contributed by atoms with van der Waals surface area (Å²) in [6.45, 7) is 13.4.